The average molecular weight is 266 g/mol. The molecule has 4 heteroatoms. The maximum Gasteiger partial charge on any atom is 0.323 e. The molecule has 1 atom stereocenters. The van der Waals surface area contributed by atoms with Crippen LogP contribution in [0.4, 0.5) is 0 Å². The summed E-state index contributed by atoms with van der Waals surface area (Å²) in [6, 6.07) is -0.228. The van der Waals surface area contributed by atoms with E-state index in [1.165, 1.54) is 0 Å². The lowest BCUT2D eigenvalue weighted by Gasteiger charge is -2.22. The van der Waals surface area contributed by atoms with E-state index in [0.717, 1.165) is 18.3 Å². The smallest absolute Gasteiger partial charge is 0.323 e. The quantitative estimate of drug-likeness (QED) is 0.470. The van der Waals surface area contributed by atoms with E-state index in [2.05, 4.69) is 21.2 Å². The molecule has 0 bridgehead atoms. The summed E-state index contributed by atoms with van der Waals surface area (Å²) in [5.74, 6) is -0.188. The second kappa shape index (κ2) is 6.40. The van der Waals surface area contributed by atoms with E-state index in [-0.39, 0.29) is 12.0 Å². The fraction of sp³-hybridized carbons (Fsp3) is 0.900. The molecule has 0 saturated carbocycles. The number of hydrogen-bond acceptors (Lipinski definition) is 3. The number of rotatable bonds is 5. The summed E-state index contributed by atoms with van der Waals surface area (Å²) in [6.07, 6.45) is 1.01. The van der Waals surface area contributed by atoms with Crippen LogP contribution in [0.2, 0.25) is 0 Å². The first-order valence-electron chi connectivity index (χ1n) is 4.89. The SMILES string of the molecule is C[C@H](NCCCBr)C(=O)OC(C)(C)C. The lowest BCUT2D eigenvalue weighted by molar-refractivity contribution is -0.156. The van der Waals surface area contributed by atoms with Crippen LogP contribution in [0.5, 0.6) is 0 Å². The van der Waals surface area contributed by atoms with E-state index in [9.17, 15) is 4.79 Å². The van der Waals surface area contributed by atoms with Gasteiger partial charge in [0.2, 0.25) is 0 Å². The third-order valence-corrected chi connectivity index (χ3v) is 2.08. The summed E-state index contributed by atoms with van der Waals surface area (Å²) in [6.45, 7) is 8.26. The van der Waals surface area contributed by atoms with Crippen molar-refractivity contribution in [2.75, 3.05) is 11.9 Å². The molecule has 0 aromatic carbocycles. The summed E-state index contributed by atoms with van der Waals surface area (Å²) >= 11 is 3.33. The van der Waals surface area contributed by atoms with Crippen LogP contribution in [0.25, 0.3) is 0 Å². The molecule has 0 heterocycles. The van der Waals surface area contributed by atoms with Crippen LogP contribution in [0.3, 0.4) is 0 Å². The Bertz CT molecular complexity index is 177. The molecule has 0 radical (unpaired) electrons. The minimum absolute atomic E-state index is 0.188. The molecule has 0 rings (SSSR count). The number of alkyl halides is 1. The molecular weight excluding hydrogens is 246 g/mol. The molecule has 0 amide bonds. The molecule has 0 spiro atoms. The van der Waals surface area contributed by atoms with Crippen molar-refractivity contribution in [3.8, 4) is 0 Å². The zero-order valence-electron chi connectivity index (χ0n) is 9.39. The summed E-state index contributed by atoms with van der Waals surface area (Å²) in [7, 11) is 0. The molecule has 0 aliphatic rings. The zero-order valence-corrected chi connectivity index (χ0v) is 11.0. The molecule has 0 aromatic rings. The maximum atomic E-state index is 11.5. The lowest BCUT2D eigenvalue weighted by Crippen LogP contribution is -2.39. The van der Waals surface area contributed by atoms with Crippen LogP contribution in [0.15, 0.2) is 0 Å². The highest BCUT2D eigenvalue weighted by molar-refractivity contribution is 9.09. The van der Waals surface area contributed by atoms with Crippen LogP contribution < -0.4 is 5.32 Å². The van der Waals surface area contributed by atoms with Crippen LogP contribution in [-0.4, -0.2) is 29.5 Å². The van der Waals surface area contributed by atoms with Gasteiger partial charge in [0.25, 0.3) is 0 Å². The highest BCUT2D eigenvalue weighted by atomic mass is 79.9. The Labute approximate surface area is 94.7 Å². The molecule has 84 valence electrons. The number of carbonyl (C=O) groups is 1. The number of hydrogen-bond donors (Lipinski definition) is 1. The van der Waals surface area contributed by atoms with Crippen molar-refractivity contribution in [2.45, 2.75) is 45.8 Å². The number of carbonyl (C=O) groups excluding carboxylic acids is 1. The highest BCUT2D eigenvalue weighted by Crippen LogP contribution is 2.08. The molecule has 0 saturated heterocycles. The third kappa shape index (κ3) is 7.33. The molecule has 0 aliphatic heterocycles. The van der Waals surface area contributed by atoms with E-state index in [0.29, 0.717) is 0 Å². The average Bonchev–Trinajstić information content (AvgIpc) is 2.01. The first-order valence-corrected chi connectivity index (χ1v) is 6.01. The van der Waals surface area contributed by atoms with Gasteiger partial charge in [-0.3, -0.25) is 4.79 Å². The van der Waals surface area contributed by atoms with Crippen LogP contribution in [-0.2, 0) is 9.53 Å². The topological polar surface area (TPSA) is 38.3 Å². The van der Waals surface area contributed by atoms with E-state index in [4.69, 9.17) is 4.74 Å². The van der Waals surface area contributed by atoms with Gasteiger partial charge in [-0.25, -0.2) is 0 Å². The van der Waals surface area contributed by atoms with Gasteiger partial charge >= 0.3 is 5.97 Å². The van der Waals surface area contributed by atoms with Gasteiger partial charge in [0.15, 0.2) is 0 Å². The standard InChI is InChI=1S/C10H20BrNO2/c1-8(12-7-5-6-11)9(13)14-10(2,3)4/h8,12H,5-7H2,1-4H3/t8-/m0/s1. The van der Waals surface area contributed by atoms with Crippen LogP contribution in [0, 0.1) is 0 Å². The molecule has 0 aliphatic carbocycles. The first kappa shape index (κ1) is 13.9. The number of ether oxygens (including phenoxy) is 1. The van der Waals surface area contributed by atoms with Crippen molar-refractivity contribution in [3.05, 3.63) is 0 Å². The number of halogens is 1. The lowest BCUT2D eigenvalue weighted by atomic mass is 10.2. The molecule has 0 unspecified atom stereocenters. The summed E-state index contributed by atoms with van der Waals surface area (Å²) < 4.78 is 5.22. The summed E-state index contributed by atoms with van der Waals surface area (Å²) in [5, 5.41) is 4.05. The zero-order chi connectivity index (χ0) is 11.2. The fourth-order valence-electron chi connectivity index (χ4n) is 0.859. The normalized spacial score (nSPS) is 13.8. The Morgan fingerprint density at radius 1 is 1.50 bits per heavy atom. The van der Waals surface area contributed by atoms with Gasteiger partial charge in [-0.1, -0.05) is 15.9 Å². The Morgan fingerprint density at radius 2 is 2.07 bits per heavy atom. The van der Waals surface area contributed by atoms with E-state index >= 15 is 0 Å². The highest BCUT2D eigenvalue weighted by Gasteiger charge is 2.20. The summed E-state index contributed by atoms with van der Waals surface area (Å²) in [5.41, 5.74) is -0.400. The van der Waals surface area contributed by atoms with Gasteiger partial charge in [-0.15, -0.1) is 0 Å². The maximum absolute atomic E-state index is 11.5. The minimum atomic E-state index is -0.400. The van der Waals surface area contributed by atoms with Gasteiger partial charge in [0, 0.05) is 5.33 Å². The van der Waals surface area contributed by atoms with Crippen molar-refractivity contribution >= 4 is 21.9 Å². The van der Waals surface area contributed by atoms with Crippen LogP contribution in [0.1, 0.15) is 34.1 Å². The summed E-state index contributed by atoms with van der Waals surface area (Å²) in [4.78, 5) is 11.5. The van der Waals surface area contributed by atoms with E-state index in [1.54, 1.807) is 0 Å². The Morgan fingerprint density at radius 3 is 2.50 bits per heavy atom. The molecule has 1 N–H and O–H groups in total. The Hall–Kier alpha value is -0.0900. The number of esters is 1. The van der Waals surface area contributed by atoms with Crippen LogP contribution >= 0.6 is 15.9 Å². The van der Waals surface area contributed by atoms with Gasteiger partial charge in [-0.2, -0.15) is 0 Å². The van der Waals surface area contributed by atoms with Crippen molar-refractivity contribution in [2.24, 2.45) is 0 Å². The predicted molar refractivity (Wildman–Crippen MR) is 61.7 cm³/mol. The van der Waals surface area contributed by atoms with Gasteiger partial charge in [0.05, 0.1) is 0 Å². The van der Waals surface area contributed by atoms with Crippen molar-refractivity contribution in [1.29, 1.82) is 0 Å². The van der Waals surface area contributed by atoms with Gasteiger partial charge in [-0.05, 0) is 40.7 Å². The Kier molecular flexibility index (Phi) is 6.36. The third-order valence-electron chi connectivity index (χ3n) is 1.52. The second-order valence-electron chi connectivity index (χ2n) is 4.25. The largest absolute Gasteiger partial charge is 0.459 e. The van der Waals surface area contributed by atoms with Gasteiger partial charge in [0.1, 0.15) is 11.6 Å². The molecule has 0 aromatic heterocycles. The van der Waals surface area contributed by atoms with E-state index in [1.807, 2.05) is 27.7 Å². The molecule has 14 heavy (non-hydrogen) atoms. The Balaban J connectivity index is 3.77. The predicted octanol–water partition coefficient (Wildman–Crippen LogP) is 2.09. The van der Waals surface area contributed by atoms with Gasteiger partial charge < -0.3 is 10.1 Å². The minimum Gasteiger partial charge on any atom is -0.459 e. The van der Waals surface area contributed by atoms with Crippen molar-refractivity contribution in [1.82, 2.24) is 5.32 Å². The first-order chi connectivity index (χ1) is 6.37. The van der Waals surface area contributed by atoms with E-state index < -0.39 is 5.60 Å². The molecule has 3 nitrogen and oxygen atoms in total. The monoisotopic (exact) mass is 265 g/mol. The second-order valence-corrected chi connectivity index (χ2v) is 5.04. The van der Waals surface area contributed by atoms with Crippen molar-refractivity contribution < 1.29 is 9.53 Å². The fourth-order valence-corrected chi connectivity index (χ4v) is 1.14. The molecular formula is C10H20BrNO2. The van der Waals surface area contributed by atoms with Crippen molar-refractivity contribution in [3.63, 3.8) is 0 Å². The number of nitrogens with one attached hydrogen (secondary N) is 1. The molecule has 0 fully saturated rings.